The van der Waals surface area contributed by atoms with Gasteiger partial charge in [0.1, 0.15) is 6.61 Å². The molecule has 0 fully saturated rings. The number of amides is 1. The van der Waals surface area contributed by atoms with Crippen LogP contribution in [0, 0.1) is 0 Å². The van der Waals surface area contributed by atoms with Crippen LogP contribution in [0.3, 0.4) is 0 Å². The van der Waals surface area contributed by atoms with Crippen molar-refractivity contribution in [2.75, 3.05) is 18.8 Å². The van der Waals surface area contributed by atoms with Gasteiger partial charge >= 0.3 is 5.97 Å². The maximum Gasteiger partial charge on any atom is 0.302 e. The van der Waals surface area contributed by atoms with Crippen molar-refractivity contribution in [1.82, 2.24) is 4.72 Å². The molecule has 0 unspecified atom stereocenters. The number of ether oxygens (including phenoxy) is 1. The normalized spacial score (nSPS) is 11.8. The fourth-order valence-corrected chi connectivity index (χ4v) is 2.49. The van der Waals surface area contributed by atoms with E-state index in [9.17, 15) is 9.59 Å². The standard InChI is InChI=1S/C13H18BrNO3S/c1-9(16)18-8-11-6-5-10(7-12(11)14)13(17)15-19(2,3)4/h5-7H,8H2,1-4H3,(H,15,17). The van der Waals surface area contributed by atoms with Crippen LogP contribution in [0.2, 0.25) is 0 Å². The average Bonchev–Trinajstić information content (AvgIpc) is 2.24. The topological polar surface area (TPSA) is 55.4 Å². The van der Waals surface area contributed by atoms with Gasteiger partial charge in [-0.25, -0.2) is 0 Å². The molecule has 1 amide bonds. The number of esters is 1. The van der Waals surface area contributed by atoms with Crippen molar-refractivity contribution in [3.05, 3.63) is 33.8 Å². The highest BCUT2D eigenvalue weighted by Crippen LogP contribution is 2.29. The van der Waals surface area contributed by atoms with E-state index in [4.69, 9.17) is 4.74 Å². The Morgan fingerprint density at radius 3 is 2.42 bits per heavy atom. The maximum atomic E-state index is 12.0. The zero-order valence-electron chi connectivity index (χ0n) is 11.5. The minimum atomic E-state index is -1.10. The summed E-state index contributed by atoms with van der Waals surface area (Å²) >= 11 is 3.38. The lowest BCUT2D eigenvalue weighted by molar-refractivity contribution is -0.142. The highest BCUT2D eigenvalue weighted by Gasteiger charge is 2.13. The second kappa shape index (κ2) is 6.43. The van der Waals surface area contributed by atoms with Gasteiger partial charge in [0.2, 0.25) is 0 Å². The fraction of sp³-hybridized carbons (Fsp3) is 0.385. The van der Waals surface area contributed by atoms with Gasteiger partial charge in [-0.3, -0.25) is 9.59 Å². The number of carbonyl (C=O) groups excluding carboxylic acids is 2. The third kappa shape index (κ3) is 5.65. The summed E-state index contributed by atoms with van der Waals surface area (Å²) in [6.45, 7) is 1.56. The summed E-state index contributed by atoms with van der Waals surface area (Å²) in [6, 6.07) is 5.24. The number of halogens is 1. The molecule has 19 heavy (non-hydrogen) atoms. The largest absolute Gasteiger partial charge is 0.461 e. The summed E-state index contributed by atoms with van der Waals surface area (Å²) in [5.41, 5.74) is 1.41. The number of hydrogen-bond donors (Lipinski definition) is 1. The van der Waals surface area contributed by atoms with E-state index < -0.39 is 10.2 Å². The Bertz CT molecular complexity index is 497. The van der Waals surface area contributed by atoms with Crippen LogP contribution in [0.1, 0.15) is 22.8 Å². The van der Waals surface area contributed by atoms with E-state index in [1.807, 2.05) is 18.8 Å². The van der Waals surface area contributed by atoms with E-state index in [-0.39, 0.29) is 18.5 Å². The third-order valence-corrected chi connectivity index (χ3v) is 3.68. The number of carbonyl (C=O) groups is 2. The van der Waals surface area contributed by atoms with E-state index in [2.05, 4.69) is 20.7 Å². The van der Waals surface area contributed by atoms with E-state index in [1.165, 1.54) is 6.92 Å². The van der Waals surface area contributed by atoms with Crippen LogP contribution in [0.4, 0.5) is 0 Å². The maximum absolute atomic E-state index is 12.0. The molecule has 0 saturated carbocycles. The number of benzene rings is 1. The molecule has 106 valence electrons. The molecular formula is C13H18BrNO3S. The summed E-state index contributed by atoms with van der Waals surface area (Å²) in [4.78, 5) is 22.8. The van der Waals surface area contributed by atoms with Crippen molar-refractivity contribution in [2.45, 2.75) is 13.5 Å². The Hall–Kier alpha value is -1.01. The Morgan fingerprint density at radius 1 is 1.32 bits per heavy atom. The summed E-state index contributed by atoms with van der Waals surface area (Å²) < 4.78 is 8.65. The van der Waals surface area contributed by atoms with Crippen LogP contribution in [-0.2, 0) is 16.1 Å². The van der Waals surface area contributed by atoms with Gasteiger partial charge in [0.15, 0.2) is 0 Å². The summed E-state index contributed by atoms with van der Waals surface area (Å²) in [7, 11) is -1.10. The van der Waals surface area contributed by atoms with Gasteiger partial charge in [0.05, 0.1) is 0 Å². The predicted octanol–water partition coefficient (Wildman–Crippen LogP) is 2.85. The number of nitrogens with one attached hydrogen (secondary N) is 1. The second-order valence-electron chi connectivity index (χ2n) is 4.85. The quantitative estimate of drug-likeness (QED) is 0.852. The van der Waals surface area contributed by atoms with E-state index in [0.717, 1.165) is 10.0 Å². The van der Waals surface area contributed by atoms with Crippen molar-refractivity contribution >= 4 is 38.0 Å². The van der Waals surface area contributed by atoms with Gasteiger partial charge in [-0.15, -0.1) is 0 Å². The first-order valence-corrected chi connectivity index (χ1v) is 9.26. The summed E-state index contributed by atoms with van der Waals surface area (Å²) in [6.07, 6.45) is 6.03. The fourth-order valence-electron chi connectivity index (χ4n) is 1.32. The minimum absolute atomic E-state index is 0.0952. The lowest BCUT2D eigenvalue weighted by atomic mass is 10.1. The average molecular weight is 348 g/mol. The van der Waals surface area contributed by atoms with Gasteiger partial charge in [0, 0.05) is 22.5 Å². The molecule has 1 aromatic rings. The van der Waals surface area contributed by atoms with Gasteiger partial charge in [0.25, 0.3) is 5.91 Å². The van der Waals surface area contributed by atoms with Gasteiger partial charge in [-0.1, -0.05) is 22.0 Å². The van der Waals surface area contributed by atoms with Gasteiger partial charge < -0.3 is 9.46 Å². The first kappa shape index (κ1) is 16.0. The monoisotopic (exact) mass is 347 g/mol. The molecule has 0 aliphatic carbocycles. The molecule has 0 heterocycles. The Kier molecular flexibility index (Phi) is 5.43. The summed E-state index contributed by atoms with van der Waals surface area (Å²) in [5, 5.41) is 0. The summed E-state index contributed by atoms with van der Waals surface area (Å²) in [5.74, 6) is -0.424. The lowest BCUT2D eigenvalue weighted by Gasteiger charge is -2.26. The molecule has 1 rings (SSSR count). The van der Waals surface area contributed by atoms with Crippen molar-refractivity contribution < 1.29 is 14.3 Å². The second-order valence-corrected chi connectivity index (χ2v) is 9.59. The van der Waals surface area contributed by atoms with Crippen LogP contribution in [-0.4, -0.2) is 30.6 Å². The van der Waals surface area contributed by atoms with Crippen LogP contribution in [0.5, 0.6) is 0 Å². The molecule has 1 N–H and O–H groups in total. The molecule has 0 bridgehead atoms. The SMILES string of the molecule is CC(=O)OCc1ccc(C(=O)NS(C)(C)C)cc1Br. The first-order chi connectivity index (χ1) is 8.69. The highest BCUT2D eigenvalue weighted by atomic mass is 79.9. The number of hydrogen-bond acceptors (Lipinski definition) is 3. The third-order valence-electron chi connectivity index (χ3n) is 2.15. The van der Waals surface area contributed by atoms with Crippen LogP contribution >= 0.6 is 26.1 Å². The van der Waals surface area contributed by atoms with Crippen molar-refractivity contribution in [3.8, 4) is 0 Å². The molecule has 0 aromatic heterocycles. The Labute approximate surface area is 123 Å². The van der Waals surface area contributed by atoms with E-state index in [1.54, 1.807) is 18.2 Å². The van der Waals surface area contributed by atoms with Gasteiger partial charge in [-0.2, -0.15) is 10.2 Å². The molecule has 0 aliphatic rings. The molecule has 4 nitrogen and oxygen atoms in total. The highest BCUT2D eigenvalue weighted by molar-refractivity contribution is 9.10. The zero-order chi connectivity index (χ0) is 14.6. The van der Waals surface area contributed by atoms with Crippen LogP contribution < -0.4 is 4.72 Å². The molecule has 0 atom stereocenters. The smallest absolute Gasteiger partial charge is 0.302 e. The molecule has 0 spiro atoms. The number of rotatable bonds is 4. The molecule has 1 aromatic carbocycles. The minimum Gasteiger partial charge on any atom is -0.461 e. The Balaban J connectivity index is 2.81. The van der Waals surface area contributed by atoms with Crippen LogP contribution in [0.15, 0.2) is 22.7 Å². The molecule has 6 heteroatoms. The molecule has 0 radical (unpaired) electrons. The zero-order valence-corrected chi connectivity index (χ0v) is 13.9. The van der Waals surface area contributed by atoms with E-state index in [0.29, 0.717) is 5.56 Å². The van der Waals surface area contributed by atoms with E-state index >= 15 is 0 Å². The molecule has 0 aliphatic heterocycles. The van der Waals surface area contributed by atoms with Crippen LogP contribution in [0.25, 0.3) is 0 Å². The first-order valence-electron chi connectivity index (χ1n) is 5.61. The van der Waals surface area contributed by atoms with Gasteiger partial charge in [-0.05, 0) is 30.9 Å². The van der Waals surface area contributed by atoms with Crippen molar-refractivity contribution in [2.24, 2.45) is 0 Å². The molecular weight excluding hydrogens is 330 g/mol. The lowest BCUT2D eigenvalue weighted by Crippen LogP contribution is -2.25. The molecule has 0 saturated heterocycles. The van der Waals surface area contributed by atoms with Crippen molar-refractivity contribution in [1.29, 1.82) is 0 Å². The Morgan fingerprint density at radius 2 is 1.95 bits per heavy atom. The predicted molar refractivity (Wildman–Crippen MR) is 82.4 cm³/mol. The van der Waals surface area contributed by atoms with Crippen molar-refractivity contribution in [3.63, 3.8) is 0 Å².